The minimum Gasteiger partial charge on any atom is -0.871 e. The molecule has 2 amide bonds. The lowest BCUT2D eigenvalue weighted by atomic mass is 10.0. The van der Waals surface area contributed by atoms with Gasteiger partial charge in [-0.15, -0.1) is 0 Å². The SMILES string of the molecule is CCn1c(CNC(=O)c2nc(Cl)c(N)nc2N)[n+](CC2CCOCC2)c2ccc(OCC(=O)N(Cc3nc(C)ccc3[O-])C[C@H](C)O)cc21.O=C(O)C(F)(F)F.O=C(O)C(F)(F)F. The van der Waals surface area contributed by atoms with E-state index in [2.05, 4.69) is 29.4 Å². The first-order chi connectivity index (χ1) is 29.3. The molecule has 1 atom stereocenters. The number of carboxylic acid groups (broad SMARTS) is 2. The third-order valence-electron chi connectivity index (χ3n) is 8.87. The van der Waals surface area contributed by atoms with Crippen molar-refractivity contribution in [3.63, 3.8) is 0 Å². The molecule has 0 radical (unpaired) electrons. The number of halogens is 7. The number of carbonyl (C=O) groups is 4. The number of pyridine rings is 1. The Bertz CT molecular complexity index is 2230. The van der Waals surface area contributed by atoms with Crippen LogP contribution in [0.4, 0.5) is 38.0 Å². The molecule has 19 nitrogen and oxygen atoms in total. The maximum Gasteiger partial charge on any atom is 0.490 e. The molecule has 1 aromatic carbocycles. The van der Waals surface area contributed by atoms with E-state index in [-0.39, 0.29) is 60.2 Å². The van der Waals surface area contributed by atoms with Crippen LogP contribution in [0, 0.1) is 12.8 Å². The average molecular weight is 924 g/mol. The zero-order valence-electron chi connectivity index (χ0n) is 33.8. The molecule has 3 aromatic heterocycles. The van der Waals surface area contributed by atoms with Crippen molar-refractivity contribution in [2.45, 2.75) is 78.2 Å². The van der Waals surface area contributed by atoms with E-state index in [1.54, 1.807) is 26.0 Å². The number of anilines is 2. The van der Waals surface area contributed by atoms with Crippen molar-refractivity contribution in [3.05, 3.63) is 58.4 Å². The molecule has 5 rings (SSSR count). The van der Waals surface area contributed by atoms with Gasteiger partial charge in [0.25, 0.3) is 17.6 Å². The first-order valence-corrected chi connectivity index (χ1v) is 19.0. The van der Waals surface area contributed by atoms with Gasteiger partial charge in [0.1, 0.15) is 12.3 Å². The lowest BCUT2D eigenvalue weighted by molar-refractivity contribution is -0.687. The second-order valence-corrected chi connectivity index (χ2v) is 14.1. The molecular weight excluding hydrogens is 880 g/mol. The Morgan fingerprint density at radius 1 is 1.03 bits per heavy atom. The normalized spacial score (nSPS) is 13.5. The summed E-state index contributed by atoms with van der Waals surface area (Å²) in [6, 6.07) is 8.62. The third-order valence-corrected chi connectivity index (χ3v) is 9.15. The van der Waals surface area contributed by atoms with E-state index in [0.29, 0.717) is 43.7 Å². The molecule has 4 aromatic rings. The number of hydrogen-bond acceptors (Lipinski definition) is 13. The van der Waals surface area contributed by atoms with Gasteiger partial charge in [-0.25, -0.2) is 28.7 Å². The van der Waals surface area contributed by atoms with Gasteiger partial charge >= 0.3 is 24.3 Å². The lowest BCUT2D eigenvalue weighted by Crippen LogP contribution is -2.44. The molecule has 1 aliphatic heterocycles. The van der Waals surface area contributed by atoms with Crippen molar-refractivity contribution in [3.8, 4) is 11.5 Å². The van der Waals surface area contributed by atoms with Crippen LogP contribution >= 0.6 is 11.6 Å². The zero-order valence-corrected chi connectivity index (χ0v) is 34.6. The van der Waals surface area contributed by atoms with Gasteiger partial charge in [-0.2, -0.15) is 26.3 Å². The topological polar surface area (TPSA) is 285 Å². The predicted molar refractivity (Wildman–Crippen MR) is 207 cm³/mol. The molecule has 0 aliphatic carbocycles. The molecule has 1 saturated heterocycles. The van der Waals surface area contributed by atoms with Crippen LogP contribution in [0.15, 0.2) is 30.3 Å². The van der Waals surface area contributed by atoms with Crippen molar-refractivity contribution < 1.29 is 80.0 Å². The summed E-state index contributed by atoms with van der Waals surface area (Å²) < 4.78 is 79.3. The number of fused-ring (bicyclic) bond motifs is 1. The fraction of sp³-hybridized carbons (Fsp3) is 0.459. The molecular formula is C37H44ClF6N9O10. The van der Waals surface area contributed by atoms with Crippen LogP contribution in [-0.4, -0.2) is 108 Å². The number of hydrogen-bond donors (Lipinski definition) is 6. The van der Waals surface area contributed by atoms with Gasteiger partial charge < -0.3 is 51.6 Å². The van der Waals surface area contributed by atoms with E-state index in [1.807, 2.05) is 19.1 Å². The molecule has 63 heavy (non-hydrogen) atoms. The van der Waals surface area contributed by atoms with E-state index in [9.17, 15) is 46.1 Å². The van der Waals surface area contributed by atoms with Gasteiger partial charge in [-0.3, -0.25) is 14.6 Å². The molecule has 0 unspecified atom stereocenters. The highest BCUT2D eigenvalue weighted by Crippen LogP contribution is 2.25. The number of amides is 2. The minimum atomic E-state index is -5.08. The Kier molecular flexibility index (Phi) is 18.0. The molecule has 1 fully saturated rings. The Labute approximate surface area is 359 Å². The van der Waals surface area contributed by atoms with Gasteiger partial charge in [-0.1, -0.05) is 23.4 Å². The molecule has 346 valence electrons. The molecule has 0 saturated carbocycles. The third kappa shape index (κ3) is 15.0. The second-order valence-electron chi connectivity index (χ2n) is 13.7. The summed E-state index contributed by atoms with van der Waals surface area (Å²) in [5, 5.41) is 39.5. The van der Waals surface area contributed by atoms with Crippen molar-refractivity contribution in [1.29, 1.82) is 0 Å². The summed E-state index contributed by atoms with van der Waals surface area (Å²) in [6.07, 6.45) is -9.17. The van der Waals surface area contributed by atoms with E-state index in [4.69, 9.17) is 52.3 Å². The van der Waals surface area contributed by atoms with Gasteiger partial charge in [0, 0.05) is 37.4 Å². The van der Waals surface area contributed by atoms with Crippen LogP contribution in [0.5, 0.6) is 11.5 Å². The monoisotopic (exact) mass is 923 g/mol. The number of aliphatic carboxylic acids is 2. The Balaban J connectivity index is 0.000000650. The number of ether oxygens (including phenoxy) is 2. The molecule has 0 spiro atoms. The van der Waals surface area contributed by atoms with E-state index < -0.39 is 42.2 Å². The highest BCUT2D eigenvalue weighted by atomic mass is 35.5. The summed E-state index contributed by atoms with van der Waals surface area (Å²) in [6.45, 7) is 7.78. The van der Waals surface area contributed by atoms with Gasteiger partial charge in [0.15, 0.2) is 40.1 Å². The molecule has 1 aliphatic rings. The van der Waals surface area contributed by atoms with E-state index in [0.717, 1.165) is 29.7 Å². The molecule has 8 N–H and O–H groups in total. The Hall–Kier alpha value is -6.21. The number of nitrogens with one attached hydrogen (secondary N) is 1. The number of benzene rings is 1. The summed E-state index contributed by atoms with van der Waals surface area (Å²) in [7, 11) is 0. The van der Waals surface area contributed by atoms with Gasteiger partial charge in [-0.05, 0) is 51.8 Å². The largest absolute Gasteiger partial charge is 0.871 e. The van der Waals surface area contributed by atoms with Gasteiger partial charge in [0.2, 0.25) is 0 Å². The highest BCUT2D eigenvalue weighted by Gasteiger charge is 2.39. The number of aromatic nitrogens is 5. The Morgan fingerprint density at radius 2 is 1.63 bits per heavy atom. The molecule has 4 heterocycles. The van der Waals surface area contributed by atoms with Crippen molar-refractivity contribution in [2.24, 2.45) is 5.92 Å². The average Bonchev–Trinajstić information content (AvgIpc) is 3.49. The highest BCUT2D eigenvalue weighted by molar-refractivity contribution is 6.31. The molecule has 0 bridgehead atoms. The number of alkyl halides is 6. The standard InChI is InChI=1S/C33H42ClN9O6.2C2HF3O2/c1-4-42-25-13-22(49-18-28(46)41(15-20(3)44)17-23-26(45)8-5-19(2)38-23)6-7-24(25)43(16-21-9-11-48-12-10-21)27(42)14-37-33(47)29-31(35)40-32(36)30(34)39-29;2*3-2(4,5)1(6)7/h5-8,13,20-21,44H,4,9-12,14-18H2,1-3H3,(H5-,35,36,37,40,45,47);2*(H,6,7)/t20-;;/m0../s1. The number of aliphatic hydroxyl groups is 1. The number of nitrogen functional groups attached to an aromatic ring is 2. The zero-order chi connectivity index (χ0) is 47.4. The molecule has 26 heteroatoms. The lowest BCUT2D eigenvalue weighted by Gasteiger charge is -2.26. The number of aliphatic hydroxyl groups excluding tert-OH is 1. The van der Waals surface area contributed by atoms with Crippen molar-refractivity contribution in [1.82, 2.24) is 29.7 Å². The smallest absolute Gasteiger partial charge is 0.490 e. The Morgan fingerprint density at radius 3 is 2.19 bits per heavy atom. The fourth-order valence-corrected chi connectivity index (χ4v) is 6.08. The quantitative estimate of drug-likeness (QED) is 0.0831. The van der Waals surface area contributed by atoms with Crippen LogP contribution in [-0.2, 0) is 45.3 Å². The fourth-order valence-electron chi connectivity index (χ4n) is 5.95. The maximum absolute atomic E-state index is 13.3. The van der Waals surface area contributed by atoms with Crippen molar-refractivity contribution >= 4 is 58.0 Å². The van der Waals surface area contributed by atoms with Crippen molar-refractivity contribution in [2.75, 3.05) is 37.8 Å². The number of imidazole rings is 1. The maximum atomic E-state index is 13.3. The summed E-state index contributed by atoms with van der Waals surface area (Å²) in [5.74, 6) is -5.28. The van der Waals surface area contributed by atoms with Crippen LogP contribution in [0.1, 0.15) is 54.4 Å². The summed E-state index contributed by atoms with van der Waals surface area (Å²) in [4.78, 5) is 57.9. The van der Waals surface area contributed by atoms with Crippen LogP contribution in [0.3, 0.4) is 0 Å². The summed E-state index contributed by atoms with van der Waals surface area (Å²) in [5.41, 5.74) is 14.1. The van der Waals surface area contributed by atoms with Gasteiger partial charge in [0.05, 0.1) is 31.4 Å². The number of carboxylic acids is 2. The number of rotatable bonds is 13. The van der Waals surface area contributed by atoms with Crippen LogP contribution in [0.2, 0.25) is 5.15 Å². The number of carbonyl (C=O) groups excluding carboxylic acids is 2. The first kappa shape index (κ1) is 51.1. The van der Waals surface area contributed by atoms with E-state index in [1.165, 1.54) is 11.0 Å². The summed E-state index contributed by atoms with van der Waals surface area (Å²) >= 11 is 6.01. The second kappa shape index (κ2) is 22.2. The van der Waals surface area contributed by atoms with E-state index >= 15 is 0 Å². The number of nitrogens with two attached hydrogens (primary N) is 2. The van der Waals surface area contributed by atoms with Crippen LogP contribution < -0.4 is 31.2 Å². The number of nitrogens with zero attached hydrogens (tertiary/aromatic N) is 6. The first-order valence-electron chi connectivity index (χ1n) is 18.7. The minimum absolute atomic E-state index is 0.00999. The predicted octanol–water partition coefficient (Wildman–Crippen LogP) is 2.75. The van der Waals surface area contributed by atoms with Crippen LogP contribution in [0.25, 0.3) is 11.0 Å². The number of aryl methyl sites for hydroxylation is 2.